The average molecular weight is 289 g/mol. The summed E-state index contributed by atoms with van der Waals surface area (Å²) >= 11 is 1.62. The van der Waals surface area contributed by atoms with Crippen LogP contribution in [0.15, 0.2) is 17.8 Å². The third kappa shape index (κ3) is 1.51. The normalized spacial score (nSPS) is 29.0. The van der Waals surface area contributed by atoms with Gasteiger partial charge in [0.05, 0.1) is 15.6 Å². The molecule has 2 fully saturated rings. The molecule has 1 aliphatic carbocycles. The van der Waals surface area contributed by atoms with Gasteiger partial charge in [-0.15, -0.1) is 11.3 Å². The molecule has 104 valence electrons. The fourth-order valence-electron chi connectivity index (χ4n) is 3.80. The second kappa shape index (κ2) is 4.15. The van der Waals surface area contributed by atoms with Crippen molar-refractivity contribution in [3.05, 3.63) is 17.8 Å². The fourth-order valence-corrected chi connectivity index (χ4v) is 4.66. The second-order valence-electron chi connectivity index (χ2n) is 5.76. The number of anilines is 1. The van der Waals surface area contributed by atoms with Crippen molar-refractivity contribution in [2.75, 3.05) is 18.0 Å². The van der Waals surface area contributed by atoms with Gasteiger partial charge < -0.3 is 10.0 Å². The van der Waals surface area contributed by atoms with E-state index in [-0.39, 0.29) is 5.92 Å². The molecule has 0 radical (unpaired) electrons. The van der Waals surface area contributed by atoms with Crippen LogP contribution in [0.2, 0.25) is 0 Å². The molecule has 1 aliphatic heterocycles. The summed E-state index contributed by atoms with van der Waals surface area (Å²) in [7, 11) is 0. The molecule has 1 N–H and O–H groups in total. The predicted molar refractivity (Wildman–Crippen MR) is 77.0 cm³/mol. The van der Waals surface area contributed by atoms with Gasteiger partial charge in [0.25, 0.3) is 0 Å². The number of carboxylic acids is 1. The quantitative estimate of drug-likeness (QED) is 0.919. The van der Waals surface area contributed by atoms with Crippen LogP contribution in [0, 0.1) is 11.3 Å². The van der Waals surface area contributed by atoms with Gasteiger partial charge in [-0.25, -0.2) is 9.97 Å². The minimum atomic E-state index is -0.640. The Morgan fingerprint density at radius 3 is 3.20 bits per heavy atom. The lowest BCUT2D eigenvalue weighted by Gasteiger charge is -2.23. The predicted octanol–water partition coefficient (Wildman–Crippen LogP) is 2.38. The van der Waals surface area contributed by atoms with Gasteiger partial charge in [0.2, 0.25) is 0 Å². The molecule has 6 heteroatoms. The highest BCUT2D eigenvalue weighted by atomic mass is 32.1. The van der Waals surface area contributed by atoms with Crippen molar-refractivity contribution in [3.8, 4) is 0 Å². The molecule has 1 saturated carbocycles. The smallest absolute Gasteiger partial charge is 0.311 e. The molecule has 0 amide bonds. The van der Waals surface area contributed by atoms with E-state index in [9.17, 15) is 9.90 Å². The van der Waals surface area contributed by atoms with Gasteiger partial charge in [0.1, 0.15) is 12.1 Å². The number of hydrogen-bond acceptors (Lipinski definition) is 5. The molecule has 2 aliphatic rings. The first-order valence-electron chi connectivity index (χ1n) is 6.87. The number of aromatic nitrogens is 2. The monoisotopic (exact) mass is 289 g/mol. The van der Waals surface area contributed by atoms with Gasteiger partial charge in [0, 0.05) is 13.1 Å². The van der Waals surface area contributed by atoms with E-state index in [1.807, 2.05) is 11.4 Å². The molecule has 2 atom stereocenters. The van der Waals surface area contributed by atoms with Crippen LogP contribution in [0.3, 0.4) is 0 Å². The molecule has 20 heavy (non-hydrogen) atoms. The van der Waals surface area contributed by atoms with Crippen molar-refractivity contribution in [1.29, 1.82) is 0 Å². The maximum atomic E-state index is 11.7. The van der Waals surface area contributed by atoms with Crippen LogP contribution < -0.4 is 4.90 Å². The van der Waals surface area contributed by atoms with Gasteiger partial charge in [-0.2, -0.15) is 0 Å². The van der Waals surface area contributed by atoms with Crippen LogP contribution in [-0.4, -0.2) is 34.1 Å². The third-order valence-electron chi connectivity index (χ3n) is 4.82. The Balaban J connectivity index is 1.75. The lowest BCUT2D eigenvalue weighted by Crippen LogP contribution is -2.35. The number of carboxylic acid groups (broad SMARTS) is 1. The Labute approximate surface area is 120 Å². The lowest BCUT2D eigenvalue weighted by atomic mass is 9.81. The number of hydrogen-bond donors (Lipinski definition) is 1. The average Bonchev–Trinajstić information content (AvgIpc) is 3.11. The fraction of sp³-hybridized carbons (Fsp3) is 0.500. The van der Waals surface area contributed by atoms with Crippen LogP contribution in [0.5, 0.6) is 0 Å². The van der Waals surface area contributed by atoms with Crippen molar-refractivity contribution in [2.45, 2.75) is 19.3 Å². The first-order valence-corrected chi connectivity index (χ1v) is 7.75. The number of fused-ring (bicyclic) bond motifs is 2. The summed E-state index contributed by atoms with van der Waals surface area (Å²) in [5, 5.41) is 11.7. The van der Waals surface area contributed by atoms with E-state index >= 15 is 0 Å². The summed E-state index contributed by atoms with van der Waals surface area (Å²) in [5.41, 5.74) is 0.385. The van der Waals surface area contributed by atoms with Crippen molar-refractivity contribution in [1.82, 2.24) is 9.97 Å². The topological polar surface area (TPSA) is 66.3 Å². The van der Waals surface area contributed by atoms with Crippen molar-refractivity contribution < 1.29 is 9.90 Å². The highest BCUT2D eigenvalue weighted by Gasteiger charge is 2.55. The first kappa shape index (κ1) is 12.1. The molecule has 0 spiro atoms. The summed E-state index contributed by atoms with van der Waals surface area (Å²) in [6.45, 7) is 1.38. The van der Waals surface area contributed by atoms with Crippen LogP contribution in [0.25, 0.3) is 10.2 Å². The number of carbonyl (C=O) groups is 1. The summed E-state index contributed by atoms with van der Waals surface area (Å²) in [4.78, 5) is 22.6. The van der Waals surface area contributed by atoms with E-state index in [2.05, 4.69) is 14.9 Å². The minimum Gasteiger partial charge on any atom is -0.481 e. The van der Waals surface area contributed by atoms with Gasteiger partial charge in [0.15, 0.2) is 0 Å². The van der Waals surface area contributed by atoms with Gasteiger partial charge in [-0.3, -0.25) is 4.79 Å². The van der Waals surface area contributed by atoms with E-state index < -0.39 is 11.4 Å². The Morgan fingerprint density at radius 1 is 1.50 bits per heavy atom. The van der Waals surface area contributed by atoms with Crippen LogP contribution in [0.1, 0.15) is 19.3 Å². The minimum absolute atomic E-state index is 0.255. The first-order chi connectivity index (χ1) is 9.71. The van der Waals surface area contributed by atoms with Crippen LogP contribution in [0.4, 0.5) is 5.82 Å². The van der Waals surface area contributed by atoms with Gasteiger partial charge >= 0.3 is 5.97 Å². The zero-order valence-electron chi connectivity index (χ0n) is 11.0. The van der Waals surface area contributed by atoms with Crippen molar-refractivity contribution in [2.24, 2.45) is 11.3 Å². The third-order valence-corrected chi connectivity index (χ3v) is 5.72. The highest BCUT2D eigenvalue weighted by molar-refractivity contribution is 7.17. The Kier molecular flexibility index (Phi) is 2.51. The molecule has 4 rings (SSSR count). The maximum absolute atomic E-state index is 11.7. The van der Waals surface area contributed by atoms with Crippen molar-refractivity contribution >= 4 is 33.3 Å². The SMILES string of the molecule is O=C(O)[C@@]12CCC[C@H]1CN(c1ncnc3ccsc13)C2. The molecular formula is C14H15N3O2S. The van der Waals surface area contributed by atoms with Crippen LogP contribution >= 0.6 is 11.3 Å². The molecule has 0 bridgehead atoms. The number of nitrogens with zero attached hydrogens (tertiary/aromatic N) is 3. The van der Waals surface area contributed by atoms with Gasteiger partial charge in [-0.1, -0.05) is 6.42 Å². The van der Waals surface area contributed by atoms with Crippen molar-refractivity contribution in [3.63, 3.8) is 0 Å². The van der Waals surface area contributed by atoms with E-state index in [0.29, 0.717) is 6.54 Å². The molecule has 1 saturated heterocycles. The molecule has 5 nitrogen and oxygen atoms in total. The second-order valence-corrected chi connectivity index (χ2v) is 6.68. The van der Waals surface area contributed by atoms with Crippen LogP contribution in [-0.2, 0) is 4.79 Å². The molecule has 3 heterocycles. The van der Waals surface area contributed by atoms with E-state index in [1.54, 1.807) is 17.7 Å². The summed E-state index contributed by atoms with van der Waals surface area (Å²) in [6.07, 6.45) is 4.42. The zero-order chi connectivity index (χ0) is 13.7. The Hall–Kier alpha value is -1.69. The summed E-state index contributed by atoms with van der Waals surface area (Å²) in [5.74, 6) is 0.518. The molecule has 0 unspecified atom stereocenters. The largest absolute Gasteiger partial charge is 0.481 e. The van der Waals surface area contributed by atoms with Gasteiger partial charge in [-0.05, 0) is 30.2 Å². The summed E-state index contributed by atoms with van der Waals surface area (Å²) < 4.78 is 1.06. The lowest BCUT2D eigenvalue weighted by molar-refractivity contribution is -0.149. The van der Waals surface area contributed by atoms with E-state index in [1.165, 1.54) is 0 Å². The van der Waals surface area contributed by atoms with E-state index in [4.69, 9.17) is 0 Å². The number of thiophene rings is 1. The molecule has 2 aromatic heterocycles. The zero-order valence-corrected chi connectivity index (χ0v) is 11.8. The summed E-state index contributed by atoms with van der Waals surface area (Å²) in [6, 6.07) is 1.98. The Bertz CT molecular complexity index is 686. The maximum Gasteiger partial charge on any atom is 0.311 e. The standard InChI is InChI=1S/C14H15N3O2S/c18-13(19)14-4-1-2-9(14)6-17(7-14)12-11-10(3-5-20-11)15-8-16-12/h3,5,8-9H,1-2,4,6-7H2,(H,18,19)/t9-,14+/m0/s1. The van der Waals surface area contributed by atoms with E-state index in [0.717, 1.165) is 41.8 Å². The highest BCUT2D eigenvalue weighted by Crippen LogP contribution is 2.50. The molecular weight excluding hydrogens is 274 g/mol. The molecule has 2 aromatic rings. The number of rotatable bonds is 2. The number of aliphatic carboxylic acids is 1. The molecule has 0 aromatic carbocycles. The Morgan fingerprint density at radius 2 is 2.40 bits per heavy atom.